The summed E-state index contributed by atoms with van der Waals surface area (Å²) in [5.74, 6) is -0.654. The summed E-state index contributed by atoms with van der Waals surface area (Å²) in [5.41, 5.74) is -1.71. The van der Waals surface area contributed by atoms with Crippen LogP contribution in [0, 0.1) is 28.6 Å². The first-order chi connectivity index (χ1) is 21.6. The van der Waals surface area contributed by atoms with Gasteiger partial charge in [0.25, 0.3) is 0 Å². The first kappa shape index (κ1) is 35.8. The van der Waals surface area contributed by atoms with E-state index in [1.165, 1.54) is 51.4 Å². The van der Waals surface area contributed by atoms with E-state index >= 15 is 0 Å². The number of fused-ring (bicyclic) bond motifs is 5. The lowest BCUT2D eigenvalue weighted by atomic mass is 9.46. The SMILES string of the molecule is CCCCCCCC/C=C/CCCCCCCC(=O)OCC(=O)[C@@]1(O)CC[C@H]2[C@@H]3CCC4=CC(=O)C=C[C@]4(C)[C@H]3C(O)C[C@@]21C. The fourth-order valence-corrected chi connectivity index (χ4v) is 9.47. The van der Waals surface area contributed by atoms with Crippen LogP contribution in [0.5, 0.6) is 0 Å². The highest BCUT2D eigenvalue weighted by atomic mass is 16.5. The van der Waals surface area contributed by atoms with Crippen molar-refractivity contribution < 1.29 is 29.3 Å². The summed E-state index contributed by atoms with van der Waals surface area (Å²) in [6, 6.07) is 0. The highest BCUT2D eigenvalue weighted by Gasteiger charge is 2.68. The Morgan fingerprint density at radius 3 is 2.29 bits per heavy atom. The zero-order chi connectivity index (χ0) is 32.5. The molecule has 4 rings (SSSR count). The minimum absolute atomic E-state index is 0.00342. The van der Waals surface area contributed by atoms with E-state index in [0.717, 1.165) is 50.5 Å². The second kappa shape index (κ2) is 16.2. The minimum atomic E-state index is -1.62. The Kier molecular flexibility index (Phi) is 12.9. The van der Waals surface area contributed by atoms with Crippen molar-refractivity contribution in [1.82, 2.24) is 0 Å². The van der Waals surface area contributed by atoms with E-state index in [4.69, 9.17) is 4.74 Å². The second-order valence-electron chi connectivity index (χ2n) is 15.0. The summed E-state index contributed by atoms with van der Waals surface area (Å²) < 4.78 is 5.39. The molecule has 6 nitrogen and oxygen atoms in total. The zero-order valence-corrected chi connectivity index (χ0v) is 28.4. The Hall–Kier alpha value is -2.05. The summed E-state index contributed by atoms with van der Waals surface area (Å²) in [6.07, 6.45) is 28.0. The lowest BCUT2D eigenvalue weighted by molar-refractivity contribution is -0.181. The molecule has 1 unspecified atom stereocenters. The maximum atomic E-state index is 13.5. The number of esters is 1. The lowest BCUT2D eigenvalue weighted by Gasteiger charge is -2.59. The third-order valence-corrected chi connectivity index (χ3v) is 12.1. The second-order valence-corrected chi connectivity index (χ2v) is 15.0. The lowest BCUT2D eigenvalue weighted by Crippen LogP contribution is -2.61. The number of carbonyl (C=O) groups excluding carboxylic acids is 3. The third-order valence-electron chi connectivity index (χ3n) is 12.1. The average molecular weight is 625 g/mol. The van der Waals surface area contributed by atoms with Gasteiger partial charge in [0.2, 0.25) is 5.78 Å². The first-order valence-corrected chi connectivity index (χ1v) is 18.3. The van der Waals surface area contributed by atoms with Crippen LogP contribution in [-0.2, 0) is 19.1 Å². The molecule has 0 radical (unpaired) electrons. The molecule has 0 bridgehead atoms. The van der Waals surface area contributed by atoms with Crippen LogP contribution < -0.4 is 0 Å². The van der Waals surface area contributed by atoms with Gasteiger partial charge in [-0.15, -0.1) is 0 Å². The van der Waals surface area contributed by atoms with Gasteiger partial charge in [-0.25, -0.2) is 0 Å². The monoisotopic (exact) mass is 624 g/mol. The van der Waals surface area contributed by atoms with Gasteiger partial charge in [-0.1, -0.05) is 95.9 Å². The van der Waals surface area contributed by atoms with Gasteiger partial charge in [0.05, 0.1) is 6.10 Å². The van der Waals surface area contributed by atoms with Crippen LogP contribution in [0.15, 0.2) is 36.0 Å². The van der Waals surface area contributed by atoms with E-state index in [-0.39, 0.29) is 41.3 Å². The van der Waals surface area contributed by atoms with E-state index < -0.39 is 29.5 Å². The van der Waals surface area contributed by atoms with Gasteiger partial charge >= 0.3 is 5.97 Å². The molecular formula is C39H60O6. The van der Waals surface area contributed by atoms with Gasteiger partial charge in [-0.05, 0) is 88.2 Å². The molecule has 6 heteroatoms. The standard InChI is InChI=1S/C39H60O6/c1-4-5-6-7-8-9-10-11-12-13-14-15-16-17-18-19-35(43)45-28-34(42)39(44)25-23-32-31-21-20-29-26-30(40)22-24-37(29,2)36(31)33(41)27-38(32,39)3/h11-12,22,24,26,31-33,36,41,44H,4-10,13-21,23,25,27-28H2,1-3H3/b12-11+/t31-,32-,33?,36+,37-,38-,39-/m0/s1. The third kappa shape index (κ3) is 8.09. The Balaban J connectivity index is 1.14. The highest BCUT2D eigenvalue weighted by Crippen LogP contribution is 2.67. The minimum Gasteiger partial charge on any atom is -0.458 e. The summed E-state index contributed by atoms with van der Waals surface area (Å²) in [5, 5.41) is 23.4. The number of aliphatic hydroxyl groups excluding tert-OH is 1. The van der Waals surface area contributed by atoms with Gasteiger partial charge in [-0.3, -0.25) is 14.4 Å². The smallest absolute Gasteiger partial charge is 0.306 e. The summed E-state index contributed by atoms with van der Waals surface area (Å²) in [7, 11) is 0. The molecule has 0 amide bonds. The molecule has 45 heavy (non-hydrogen) atoms. The number of rotatable bonds is 18. The van der Waals surface area contributed by atoms with Crippen molar-refractivity contribution in [3.63, 3.8) is 0 Å². The van der Waals surface area contributed by atoms with Crippen LogP contribution in [-0.4, -0.2) is 46.1 Å². The van der Waals surface area contributed by atoms with Crippen LogP contribution in [0.3, 0.4) is 0 Å². The molecule has 2 N–H and O–H groups in total. The Labute approximate surface area is 272 Å². The van der Waals surface area contributed by atoms with Crippen molar-refractivity contribution in [2.24, 2.45) is 28.6 Å². The molecule has 0 spiro atoms. The zero-order valence-electron chi connectivity index (χ0n) is 28.4. The van der Waals surface area contributed by atoms with Gasteiger partial charge in [0.1, 0.15) is 5.60 Å². The van der Waals surface area contributed by atoms with Gasteiger partial charge in [0.15, 0.2) is 12.4 Å². The molecule has 0 heterocycles. The predicted molar refractivity (Wildman–Crippen MR) is 178 cm³/mol. The van der Waals surface area contributed by atoms with Crippen LogP contribution in [0.1, 0.15) is 143 Å². The van der Waals surface area contributed by atoms with Crippen LogP contribution in [0.25, 0.3) is 0 Å². The molecule has 0 aromatic heterocycles. The largest absolute Gasteiger partial charge is 0.458 e. The number of carbonyl (C=O) groups is 3. The molecule has 0 aliphatic heterocycles. The number of ether oxygens (including phenoxy) is 1. The van der Waals surface area contributed by atoms with Gasteiger partial charge in [0, 0.05) is 23.2 Å². The van der Waals surface area contributed by atoms with E-state index in [9.17, 15) is 24.6 Å². The van der Waals surface area contributed by atoms with Crippen LogP contribution in [0.4, 0.5) is 0 Å². The van der Waals surface area contributed by atoms with Crippen molar-refractivity contribution in [2.45, 2.75) is 154 Å². The molecule has 0 saturated heterocycles. The van der Waals surface area contributed by atoms with Crippen LogP contribution in [0.2, 0.25) is 0 Å². The van der Waals surface area contributed by atoms with Gasteiger partial charge < -0.3 is 14.9 Å². The molecule has 4 aliphatic carbocycles. The van der Waals surface area contributed by atoms with Crippen LogP contribution >= 0.6 is 0 Å². The summed E-state index contributed by atoms with van der Waals surface area (Å²) in [4.78, 5) is 38.0. The predicted octanol–water partition coefficient (Wildman–Crippen LogP) is 8.15. The number of hydrogen-bond acceptors (Lipinski definition) is 6. The Morgan fingerprint density at radius 2 is 1.60 bits per heavy atom. The Bertz CT molecular complexity index is 1120. The molecule has 0 aromatic rings. The molecule has 3 fully saturated rings. The maximum Gasteiger partial charge on any atom is 0.306 e. The number of hydrogen-bond donors (Lipinski definition) is 2. The summed E-state index contributed by atoms with van der Waals surface area (Å²) in [6.45, 7) is 5.90. The topological polar surface area (TPSA) is 101 Å². The van der Waals surface area contributed by atoms with Crippen molar-refractivity contribution in [3.05, 3.63) is 36.0 Å². The maximum absolute atomic E-state index is 13.5. The number of allylic oxidation sites excluding steroid dienone is 6. The normalized spacial score (nSPS) is 33.9. The quantitative estimate of drug-likeness (QED) is 0.0907. The van der Waals surface area contributed by atoms with Crippen molar-refractivity contribution in [2.75, 3.05) is 6.61 Å². The van der Waals surface area contributed by atoms with E-state index in [0.29, 0.717) is 19.3 Å². The number of ketones is 2. The molecule has 7 atom stereocenters. The van der Waals surface area contributed by atoms with Gasteiger partial charge in [-0.2, -0.15) is 0 Å². The molecule has 4 aliphatic rings. The number of aliphatic hydroxyl groups is 2. The molecule has 252 valence electrons. The molecule has 0 aromatic carbocycles. The molecule has 3 saturated carbocycles. The first-order valence-electron chi connectivity index (χ1n) is 18.3. The van der Waals surface area contributed by atoms with Crippen molar-refractivity contribution >= 4 is 17.5 Å². The average Bonchev–Trinajstić information content (AvgIpc) is 3.28. The van der Waals surface area contributed by atoms with E-state index in [2.05, 4.69) is 26.0 Å². The van der Waals surface area contributed by atoms with Crippen molar-refractivity contribution in [3.8, 4) is 0 Å². The fraction of sp³-hybridized carbons (Fsp3) is 0.769. The fourth-order valence-electron chi connectivity index (χ4n) is 9.47. The summed E-state index contributed by atoms with van der Waals surface area (Å²) >= 11 is 0. The Morgan fingerprint density at radius 1 is 0.956 bits per heavy atom. The van der Waals surface area contributed by atoms with E-state index in [1.54, 1.807) is 12.2 Å². The van der Waals surface area contributed by atoms with E-state index in [1.807, 2.05) is 13.0 Å². The molecular weight excluding hydrogens is 564 g/mol. The number of unbranched alkanes of at least 4 members (excludes halogenated alkanes) is 11. The number of Topliss-reactive ketones (excluding diaryl/α,β-unsaturated/α-hetero) is 1. The highest BCUT2D eigenvalue weighted by molar-refractivity contribution is 6.01. The van der Waals surface area contributed by atoms with Crippen molar-refractivity contribution in [1.29, 1.82) is 0 Å².